The summed E-state index contributed by atoms with van der Waals surface area (Å²) in [4.78, 5) is 0. The minimum absolute atomic E-state index is 0.267. The maximum Gasteiger partial charge on any atom is 0.276 e. The Morgan fingerprint density at radius 2 is 1.67 bits per heavy atom. The van der Waals surface area contributed by atoms with Crippen LogP contribution in [0.2, 0.25) is 0 Å². The second-order valence-corrected chi connectivity index (χ2v) is 5.25. The molecular formula is C13H25N3O4S. The van der Waals surface area contributed by atoms with Gasteiger partial charge in [-0.15, -0.1) is 10.2 Å². The lowest BCUT2D eigenvalue weighted by molar-refractivity contribution is 0.0169. The standard InChI is InChI=1S/C13H25N3O4S/c1-2-3-4-17-5-6-18-7-8-19-9-10-21-13-16-15-12(11-14)20-13/h2-11,14H2,1H3. The zero-order chi connectivity index (χ0) is 15.2. The molecule has 1 aromatic rings. The van der Waals surface area contributed by atoms with Crippen molar-refractivity contribution in [3.63, 3.8) is 0 Å². The van der Waals surface area contributed by atoms with Crippen LogP contribution in [-0.4, -0.2) is 55.6 Å². The molecule has 122 valence electrons. The molecule has 0 saturated carbocycles. The van der Waals surface area contributed by atoms with Crippen molar-refractivity contribution >= 4 is 11.8 Å². The molecule has 0 unspecified atom stereocenters. The fraction of sp³-hybridized carbons (Fsp3) is 0.846. The van der Waals surface area contributed by atoms with Gasteiger partial charge < -0.3 is 24.4 Å². The monoisotopic (exact) mass is 319 g/mol. The van der Waals surface area contributed by atoms with E-state index in [1.807, 2.05) is 0 Å². The Labute approximate surface area is 129 Å². The van der Waals surface area contributed by atoms with Gasteiger partial charge in [0.25, 0.3) is 5.22 Å². The maximum atomic E-state index is 5.43. The van der Waals surface area contributed by atoms with Crippen LogP contribution in [0.4, 0.5) is 0 Å². The van der Waals surface area contributed by atoms with Crippen LogP contribution in [0.1, 0.15) is 25.7 Å². The summed E-state index contributed by atoms with van der Waals surface area (Å²) in [5, 5.41) is 8.15. The Morgan fingerprint density at radius 3 is 2.29 bits per heavy atom. The molecule has 0 aliphatic carbocycles. The van der Waals surface area contributed by atoms with Crippen LogP contribution < -0.4 is 5.73 Å². The van der Waals surface area contributed by atoms with Gasteiger partial charge in [0, 0.05) is 12.4 Å². The van der Waals surface area contributed by atoms with Gasteiger partial charge >= 0.3 is 0 Å². The fourth-order valence-electron chi connectivity index (χ4n) is 1.36. The van der Waals surface area contributed by atoms with Crippen LogP contribution in [0.25, 0.3) is 0 Å². The van der Waals surface area contributed by atoms with Crippen molar-refractivity contribution in [2.75, 3.05) is 45.4 Å². The molecule has 0 aliphatic rings. The molecule has 0 bridgehead atoms. The van der Waals surface area contributed by atoms with E-state index >= 15 is 0 Å². The molecule has 8 heteroatoms. The summed E-state index contributed by atoms with van der Waals surface area (Å²) in [7, 11) is 0. The normalized spacial score (nSPS) is 11.1. The second kappa shape index (κ2) is 13.0. The van der Waals surface area contributed by atoms with Crippen molar-refractivity contribution < 1.29 is 18.6 Å². The quantitative estimate of drug-likeness (QED) is 0.407. The summed E-state index contributed by atoms with van der Waals surface area (Å²) in [6, 6.07) is 0. The molecule has 0 amide bonds. The first-order chi connectivity index (χ1) is 10.4. The van der Waals surface area contributed by atoms with Gasteiger partial charge in [0.1, 0.15) is 0 Å². The lowest BCUT2D eigenvalue weighted by Gasteiger charge is -2.06. The third kappa shape index (κ3) is 9.81. The minimum Gasteiger partial charge on any atom is -0.415 e. The Morgan fingerprint density at radius 1 is 1.00 bits per heavy atom. The summed E-state index contributed by atoms with van der Waals surface area (Å²) in [6.07, 6.45) is 2.26. The molecule has 21 heavy (non-hydrogen) atoms. The molecule has 7 nitrogen and oxygen atoms in total. The van der Waals surface area contributed by atoms with E-state index in [9.17, 15) is 0 Å². The minimum atomic E-state index is 0.267. The SMILES string of the molecule is CCCCOCCOCCOCCSc1nnc(CN)o1. The largest absolute Gasteiger partial charge is 0.415 e. The van der Waals surface area contributed by atoms with Gasteiger partial charge in [0.15, 0.2) is 0 Å². The summed E-state index contributed by atoms with van der Waals surface area (Å²) < 4.78 is 21.4. The van der Waals surface area contributed by atoms with Gasteiger partial charge in [-0.3, -0.25) is 0 Å². The molecule has 0 aromatic carbocycles. The first-order valence-corrected chi connectivity index (χ1v) is 8.23. The van der Waals surface area contributed by atoms with E-state index in [1.54, 1.807) is 0 Å². The predicted octanol–water partition coefficient (Wildman–Crippen LogP) is 1.47. The van der Waals surface area contributed by atoms with E-state index in [1.165, 1.54) is 11.8 Å². The van der Waals surface area contributed by atoms with Crippen molar-refractivity contribution in [3.8, 4) is 0 Å². The number of hydrogen-bond acceptors (Lipinski definition) is 8. The first-order valence-electron chi connectivity index (χ1n) is 7.25. The molecule has 0 atom stereocenters. The van der Waals surface area contributed by atoms with Crippen molar-refractivity contribution in [3.05, 3.63) is 5.89 Å². The van der Waals surface area contributed by atoms with Crippen LogP contribution in [0.15, 0.2) is 9.64 Å². The maximum absolute atomic E-state index is 5.43. The van der Waals surface area contributed by atoms with Crippen molar-refractivity contribution in [2.45, 2.75) is 31.5 Å². The van der Waals surface area contributed by atoms with E-state index in [0.717, 1.165) is 25.2 Å². The topological polar surface area (TPSA) is 92.6 Å². The molecule has 0 saturated heterocycles. The van der Waals surface area contributed by atoms with Crippen LogP contribution in [-0.2, 0) is 20.8 Å². The average Bonchev–Trinajstić information content (AvgIpc) is 2.96. The zero-order valence-electron chi connectivity index (χ0n) is 12.6. The third-order valence-corrected chi connectivity index (χ3v) is 3.25. The van der Waals surface area contributed by atoms with Gasteiger partial charge in [0.05, 0.1) is 39.6 Å². The lowest BCUT2D eigenvalue weighted by atomic mass is 10.4. The van der Waals surface area contributed by atoms with Gasteiger partial charge in [0.2, 0.25) is 5.89 Å². The average molecular weight is 319 g/mol. The smallest absolute Gasteiger partial charge is 0.276 e. The van der Waals surface area contributed by atoms with Crippen LogP contribution in [0.3, 0.4) is 0 Å². The number of ether oxygens (including phenoxy) is 3. The number of unbranched alkanes of at least 4 members (excludes halogenated alkanes) is 1. The highest BCUT2D eigenvalue weighted by Crippen LogP contribution is 2.15. The number of thioether (sulfide) groups is 1. The van der Waals surface area contributed by atoms with E-state index in [2.05, 4.69) is 17.1 Å². The molecule has 0 radical (unpaired) electrons. The highest BCUT2D eigenvalue weighted by atomic mass is 32.2. The summed E-state index contributed by atoms with van der Waals surface area (Å²) in [5.41, 5.74) is 5.38. The number of aromatic nitrogens is 2. The Kier molecular flexibility index (Phi) is 11.4. The molecule has 0 spiro atoms. The van der Waals surface area contributed by atoms with Gasteiger partial charge in [-0.2, -0.15) is 0 Å². The molecule has 1 rings (SSSR count). The molecule has 0 aliphatic heterocycles. The summed E-state index contributed by atoms with van der Waals surface area (Å²) >= 11 is 1.45. The van der Waals surface area contributed by atoms with Gasteiger partial charge in [-0.25, -0.2) is 0 Å². The van der Waals surface area contributed by atoms with Crippen LogP contribution in [0, 0.1) is 0 Å². The third-order valence-electron chi connectivity index (χ3n) is 2.46. The van der Waals surface area contributed by atoms with E-state index in [-0.39, 0.29) is 6.54 Å². The highest BCUT2D eigenvalue weighted by molar-refractivity contribution is 7.99. The molecule has 0 fully saturated rings. The van der Waals surface area contributed by atoms with Gasteiger partial charge in [-0.1, -0.05) is 25.1 Å². The number of rotatable bonds is 14. The highest BCUT2D eigenvalue weighted by Gasteiger charge is 2.04. The summed E-state index contributed by atoms with van der Waals surface area (Å²) in [5.74, 6) is 1.21. The Hall–Kier alpha value is -0.670. The number of hydrogen-bond donors (Lipinski definition) is 1. The number of nitrogens with zero attached hydrogens (tertiary/aromatic N) is 2. The van der Waals surface area contributed by atoms with E-state index < -0.39 is 0 Å². The van der Waals surface area contributed by atoms with Gasteiger partial charge in [-0.05, 0) is 6.42 Å². The molecule has 1 aromatic heterocycles. The fourth-order valence-corrected chi connectivity index (χ4v) is 1.98. The van der Waals surface area contributed by atoms with Crippen LogP contribution >= 0.6 is 11.8 Å². The Bertz CT molecular complexity index is 352. The summed E-state index contributed by atoms with van der Waals surface area (Å²) in [6.45, 7) is 6.26. The van der Waals surface area contributed by atoms with Crippen LogP contribution in [0.5, 0.6) is 0 Å². The lowest BCUT2D eigenvalue weighted by Crippen LogP contribution is -2.10. The van der Waals surface area contributed by atoms with Crippen molar-refractivity contribution in [2.24, 2.45) is 5.73 Å². The van der Waals surface area contributed by atoms with Crippen molar-refractivity contribution in [1.82, 2.24) is 10.2 Å². The first kappa shape index (κ1) is 18.4. The second-order valence-electron chi connectivity index (χ2n) is 4.20. The molecule has 1 heterocycles. The zero-order valence-corrected chi connectivity index (χ0v) is 13.4. The molecule has 2 N–H and O–H groups in total. The van der Waals surface area contributed by atoms with Crippen molar-refractivity contribution in [1.29, 1.82) is 0 Å². The predicted molar refractivity (Wildman–Crippen MR) is 80.3 cm³/mol. The Balaban J connectivity index is 1.80. The van der Waals surface area contributed by atoms with E-state index in [4.69, 9.17) is 24.4 Å². The molecular weight excluding hydrogens is 294 g/mol. The number of nitrogens with two attached hydrogens (primary N) is 1. The van der Waals surface area contributed by atoms with E-state index in [0.29, 0.717) is 44.1 Å².